The highest BCUT2D eigenvalue weighted by Crippen LogP contribution is 2.28. The van der Waals surface area contributed by atoms with E-state index in [1.54, 1.807) is 31.2 Å². The average molecular weight is 515 g/mol. The first kappa shape index (κ1) is 26.7. The van der Waals surface area contributed by atoms with Crippen molar-refractivity contribution in [3.05, 3.63) is 82.7 Å². The zero-order valence-electron chi connectivity index (χ0n) is 20.9. The van der Waals surface area contributed by atoms with Crippen molar-refractivity contribution in [1.82, 2.24) is 20.4 Å². The number of alkyl halides is 2. The molecule has 37 heavy (non-hydrogen) atoms. The molecular weight excluding hydrogens is 482 g/mol. The van der Waals surface area contributed by atoms with Gasteiger partial charge in [-0.15, -0.1) is 0 Å². The van der Waals surface area contributed by atoms with Crippen molar-refractivity contribution >= 4 is 5.91 Å². The number of rotatable bonds is 11. The van der Waals surface area contributed by atoms with Gasteiger partial charge in [0, 0.05) is 31.8 Å². The van der Waals surface area contributed by atoms with Crippen molar-refractivity contribution in [1.29, 1.82) is 0 Å². The first-order chi connectivity index (χ1) is 17.8. The summed E-state index contributed by atoms with van der Waals surface area (Å²) in [6.45, 7) is -2.05. The van der Waals surface area contributed by atoms with E-state index in [-0.39, 0.29) is 23.7 Å². The van der Waals surface area contributed by atoms with E-state index in [0.29, 0.717) is 24.3 Å². The van der Waals surface area contributed by atoms with Crippen LogP contribution in [0, 0.1) is 0 Å². The van der Waals surface area contributed by atoms with E-state index in [0.717, 1.165) is 36.2 Å². The van der Waals surface area contributed by atoms with Gasteiger partial charge in [0.1, 0.15) is 5.75 Å². The molecule has 1 aliphatic rings. The second kappa shape index (κ2) is 12.3. The number of aliphatic hydroxyl groups excluding tert-OH is 1. The summed E-state index contributed by atoms with van der Waals surface area (Å²) >= 11 is 0. The second-order valence-electron chi connectivity index (χ2n) is 9.32. The maximum Gasteiger partial charge on any atom is 0.387 e. The highest BCUT2D eigenvalue weighted by Gasteiger charge is 2.30. The van der Waals surface area contributed by atoms with Crippen molar-refractivity contribution in [2.45, 2.75) is 57.2 Å². The lowest BCUT2D eigenvalue weighted by atomic mass is 10.0. The predicted octanol–water partition coefficient (Wildman–Crippen LogP) is 3.83. The van der Waals surface area contributed by atoms with Crippen LogP contribution in [0.5, 0.6) is 5.75 Å². The Morgan fingerprint density at radius 1 is 1.16 bits per heavy atom. The van der Waals surface area contributed by atoms with E-state index in [1.807, 2.05) is 30.3 Å². The van der Waals surface area contributed by atoms with Crippen LogP contribution in [-0.4, -0.2) is 59.0 Å². The quantitative estimate of drug-likeness (QED) is 0.360. The summed E-state index contributed by atoms with van der Waals surface area (Å²) in [6, 6.07) is 15.6. The summed E-state index contributed by atoms with van der Waals surface area (Å²) in [5.41, 5.74) is 3.97. The van der Waals surface area contributed by atoms with E-state index >= 15 is 0 Å². The molecule has 1 aromatic heterocycles. The third-order valence-electron chi connectivity index (χ3n) is 6.52. The first-order valence-electron chi connectivity index (χ1n) is 12.2. The van der Waals surface area contributed by atoms with Gasteiger partial charge in [-0.25, -0.2) is 0 Å². The molecular formula is C27H32F2N4O4. The van der Waals surface area contributed by atoms with Crippen LogP contribution in [-0.2, 0) is 24.3 Å². The van der Waals surface area contributed by atoms with Crippen LogP contribution < -0.4 is 10.1 Å². The van der Waals surface area contributed by atoms with Gasteiger partial charge in [0.25, 0.3) is 5.91 Å². The van der Waals surface area contributed by atoms with E-state index in [9.17, 15) is 18.7 Å². The maximum absolute atomic E-state index is 12.8. The summed E-state index contributed by atoms with van der Waals surface area (Å²) in [6.07, 6.45) is 1.71. The molecule has 0 saturated carbocycles. The first-order valence-corrected chi connectivity index (χ1v) is 12.2. The van der Waals surface area contributed by atoms with Gasteiger partial charge in [0.2, 0.25) is 0 Å². The number of nitrogens with zero attached hydrogens (tertiary/aromatic N) is 2. The van der Waals surface area contributed by atoms with Gasteiger partial charge in [-0.3, -0.25) is 9.89 Å². The minimum absolute atomic E-state index is 0.0638. The van der Waals surface area contributed by atoms with Gasteiger partial charge in [-0.2, -0.15) is 13.9 Å². The van der Waals surface area contributed by atoms with Crippen molar-refractivity contribution in [2.75, 3.05) is 14.2 Å². The normalized spacial score (nSPS) is 18.2. The van der Waals surface area contributed by atoms with E-state index < -0.39 is 12.7 Å². The molecule has 2 heterocycles. The number of amides is 1. The van der Waals surface area contributed by atoms with Crippen molar-refractivity contribution in [2.24, 2.45) is 0 Å². The third-order valence-corrected chi connectivity index (χ3v) is 6.52. The zero-order chi connectivity index (χ0) is 26.4. The molecule has 198 valence electrons. The Bertz CT molecular complexity index is 1150. The van der Waals surface area contributed by atoms with Crippen LogP contribution in [0.25, 0.3) is 0 Å². The van der Waals surface area contributed by atoms with Gasteiger partial charge in [-0.1, -0.05) is 24.3 Å². The van der Waals surface area contributed by atoms with Crippen LogP contribution in [0.3, 0.4) is 0 Å². The molecule has 10 heteroatoms. The Labute approximate surface area is 214 Å². The molecule has 1 amide bonds. The Hall–Kier alpha value is -3.34. The van der Waals surface area contributed by atoms with Gasteiger partial charge >= 0.3 is 6.61 Å². The molecule has 3 unspecified atom stereocenters. The van der Waals surface area contributed by atoms with Crippen molar-refractivity contribution in [3.8, 4) is 5.75 Å². The van der Waals surface area contributed by atoms with Crippen LogP contribution in [0.4, 0.5) is 8.78 Å². The lowest BCUT2D eigenvalue weighted by Gasteiger charge is -2.21. The molecule has 3 N–H and O–H groups in total. The zero-order valence-corrected chi connectivity index (χ0v) is 20.9. The van der Waals surface area contributed by atoms with Crippen LogP contribution in [0.15, 0.2) is 54.6 Å². The third kappa shape index (κ3) is 7.12. The largest absolute Gasteiger partial charge is 0.435 e. The molecule has 4 rings (SSSR count). The van der Waals surface area contributed by atoms with Gasteiger partial charge in [-0.05, 0) is 60.7 Å². The fraction of sp³-hybridized carbons (Fsp3) is 0.407. The Morgan fingerprint density at radius 3 is 2.57 bits per heavy atom. The lowest BCUT2D eigenvalue weighted by molar-refractivity contribution is -0.0498. The van der Waals surface area contributed by atoms with Crippen molar-refractivity contribution < 1.29 is 28.2 Å². The number of methoxy groups -OCH3 is 1. The summed E-state index contributed by atoms with van der Waals surface area (Å²) in [5.74, 6) is -0.0181. The number of benzene rings is 2. The number of H-pyrrole nitrogens is 1. The van der Waals surface area contributed by atoms with Crippen LogP contribution in [0.1, 0.15) is 51.8 Å². The highest BCUT2D eigenvalue weighted by molar-refractivity contribution is 5.94. The number of aliphatic hydroxyl groups is 1. The number of ether oxygens (including phenoxy) is 2. The van der Waals surface area contributed by atoms with Crippen molar-refractivity contribution in [3.63, 3.8) is 0 Å². The van der Waals surface area contributed by atoms with E-state index in [1.165, 1.54) is 12.1 Å². The minimum atomic E-state index is -2.88. The molecule has 0 spiro atoms. The fourth-order valence-corrected chi connectivity index (χ4v) is 4.67. The summed E-state index contributed by atoms with van der Waals surface area (Å²) < 4.78 is 34.1. The fourth-order valence-electron chi connectivity index (χ4n) is 4.67. The number of aromatic nitrogens is 2. The molecule has 3 aromatic rings. The minimum Gasteiger partial charge on any atom is -0.435 e. The molecule has 3 atom stereocenters. The molecule has 8 nitrogen and oxygen atoms in total. The van der Waals surface area contributed by atoms with Gasteiger partial charge in [0.15, 0.2) is 0 Å². The van der Waals surface area contributed by atoms with Crippen LogP contribution in [0.2, 0.25) is 0 Å². The SMILES string of the molecule is COCc1cc(CN(C)C(=O)c2ccc(CC3CCC(C(O)c4ccc(OC(F)F)cc4)N3)cc2)[nH]n1. The number of hydrogen-bond donors (Lipinski definition) is 3. The standard InChI is InChI=1S/C27H32F2N4O4/c1-33(15-21-14-22(16-36-2)32-31-21)26(35)19-5-3-17(4-6-19)13-20-9-12-24(30-20)25(34)18-7-10-23(11-8-18)37-27(28)29/h3-8,10-11,14,20,24-25,27,30,34H,9,12-13,15-16H2,1-2H3,(H,31,32). The Kier molecular flexibility index (Phi) is 8.86. The highest BCUT2D eigenvalue weighted by atomic mass is 19.3. The lowest BCUT2D eigenvalue weighted by Crippen LogP contribution is -2.35. The molecule has 0 aliphatic carbocycles. The number of carbonyl (C=O) groups is 1. The monoisotopic (exact) mass is 514 g/mol. The predicted molar refractivity (Wildman–Crippen MR) is 133 cm³/mol. The van der Waals surface area contributed by atoms with Gasteiger partial charge in [0.05, 0.1) is 30.6 Å². The molecule has 0 bridgehead atoms. The van der Waals surface area contributed by atoms with E-state index in [2.05, 4.69) is 20.3 Å². The average Bonchev–Trinajstić information content (AvgIpc) is 3.53. The molecule has 0 radical (unpaired) electrons. The molecule has 1 aliphatic heterocycles. The van der Waals surface area contributed by atoms with E-state index in [4.69, 9.17) is 4.74 Å². The van der Waals surface area contributed by atoms with Crippen LogP contribution >= 0.6 is 0 Å². The number of hydrogen-bond acceptors (Lipinski definition) is 6. The summed E-state index contributed by atoms with van der Waals surface area (Å²) in [4.78, 5) is 14.5. The number of aromatic amines is 1. The van der Waals surface area contributed by atoms with Gasteiger partial charge < -0.3 is 24.8 Å². The molecule has 1 fully saturated rings. The summed E-state index contributed by atoms with van der Waals surface area (Å²) in [7, 11) is 3.36. The number of halogens is 2. The topological polar surface area (TPSA) is 99.7 Å². The maximum atomic E-state index is 12.8. The Balaban J connectivity index is 1.27. The molecule has 2 aromatic carbocycles. The number of carbonyl (C=O) groups excluding carboxylic acids is 1. The number of nitrogens with one attached hydrogen (secondary N) is 2. The second-order valence-corrected chi connectivity index (χ2v) is 9.32. The summed E-state index contributed by atoms with van der Waals surface area (Å²) in [5, 5.41) is 21.3. The Morgan fingerprint density at radius 2 is 1.89 bits per heavy atom. The smallest absolute Gasteiger partial charge is 0.387 e. The molecule has 1 saturated heterocycles.